The second kappa shape index (κ2) is 6.07. The zero-order chi connectivity index (χ0) is 15.5. The number of aromatic hydroxyl groups is 1. The van der Waals surface area contributed by atoms with Crippen LogP contribution in [0.25, 0.3) is 22.4 Å². The molecule has 5 heteroatoms. The number of aromatic nitrogens is 2. The van der Waals surface area contributed by atoms with Crippen molar-refractivity contribution in [2.45, 2.75) is 6.54 Å². The lowest BCUT2D eigenvalue weighted by Gasteiger charge is -2.10. The Morgan fingerprint density at radius 2 is 1.95 bits per heavy atom. The van der Waals surface area contributed by atoms with E-state index in [-0.39, 0.29) is 5.75 Å². The van der Waals surface area contributed by atoms with Gasteiger partial charge in [0.2, 0.25) is 0 Å². The third kappa shape index (κ3) is 2.51. The Balaban J connectivity index is 2.14. The molecule has 0 aliphatic carbocycles. The Labute approximate surface area is 128 Å². The number of imidazole rings is 1. The van der Waals surface area contributed by atoms with Gasteiger partial charge >= 0.3 is 0 Å². The Kier molecular flexibility index (Phi) is 3.98. The standard InChI is InChI=1S/C17H18N2O3/c1-21-10-9-19-14-6-4-3-5-13(14)18-17(19)12-7-8-16(22-2)15(20)11-12/h3-8,11,20H,9-10H2,1-2H3. The van der Waals surface area contributed by atoms with Crippen molar-refractivity contribution in [2.75, 3.05) is 20.8 Å². The van der Waals surface area contributed by atoms with E-state index in [1.807, 2.05) is 30.3 Å². The summed E-state index contributed by atoms with van der Waals surface area (Å²) < 4.78 is 12.4. The quantitative estimate of drug-likeness (QED) is 0.786. The van der Waals surface area contributed by atoms with Crippen LogP contribution in [0, 0.1) is 0 Å². The van der Waals surface area contributed by atoms with Gasteiger partial charge in [-0.1, -0.05) is 12.1 Å². The van der Waals surface area contributed by atoms with E-state index in [9.17, 15) is 5.11 Å². The number of para-hydroxylation sites is 2. The molecule has 0 spiro atoms. The SMILES string of the molecule is COCCn1c(-c2ccc(OC)c(O)c2)nc2ccccc21. The molecular weight excluding hydrogens is 280 g/mol. The van der Waals surface area contributed by atoms with Crippen molar-refractivity contribution in [3.05, 3.63) is 42.5 Å². The van der Waals surface area contributed by atoms with Gasteiger partial charge in [0.15, 0.2) is 11.5 Å². The fourth-order valence-electron chi connectivity index (χ4n) is 2.53. The van der Waals surface area contributed by atoms with Gasteiger partial charge in [-0.3, -0.25) is 0 Å². The Bertz CT molecular complexity index is 796. The van der Waals surface area contributed by atoms with Crippen LogP contribution in [-0.4, -0.2) is 35.5 Å². The molecule has 2 aromatic carbocycles. The molecule has 0 unspecified atom stereocenters. The molecule has 0 amide bonds. The average Bonchev–Trinajstić information content (AvgIpc) is 2.91. The number of phenols is 1. The molecule has 3 aromatic rings. The lowest BCUT2D eigenvalue weighted by atomic mass is 10.2. The van der Waals surface area contributed by atoms with E-state index in [0.717, 1.165) is 22.4 Å². The molecule has 1 N–H and O–H groups in total. The average molecular weight is 298 g/mol. The normalized spacial score (nSPS) is 11.0. The van der Waals surface area contributed by atoms with Gasteiger partial charge in [0.1, 0.15) is 5.82 Å². The van der Waals surface area contributed by atoms with Crippen molar-refractivity contribution in [3.63, 3.8) is 0 Å². The summed E-state index contributed by atoms with van der Waals surface area (Å²) in [6, 6.07) is 13.3. The topological polar surface area (TPSA) is 56.5 Å². The van der Waals surface area contributed by atoms with Crippen LogP contribution < -0.4 is 4.74 Å². The van der Waals surface area contributed by atoms with E-state index in [1.54, 1.807) is 19.2 Å². The lowest BCUT2D eigenvalue weighted by Crippen LogP contribution is -2.05. The van der Waals surface area contributed by atoms with E-state index >= 15 is 0 Å². The Hall–Kier alpha value is -2.53. The van der Waals surface area contributed by atoms with Gasteiger partial charge in [-0.25, -0.2) is 4.98 Å². The number of hydrogen-bond donors (Lipinski definition) is 1. The summed E-state index contributed by atoms with van der Waals surface area (Å²) >= 11 is 0. The highest BCUT2D eigenvalue weighted by atomic mass is 16.5. The molecule has 3 rings (SSSR count). The third-order valence-electron chi connectivity index (χ3n) is 3.61. The molecule has 0 bridgehead atoms. The first-order valence-electron chi connectivity index (χ1n) is 7.06. The van der Waals surface area contributed by atoms with E-state index < -0.39 is 0 Å². The van der Waals surface area contributed by atoms with E-state index in [4.69, 9.17) is 9.47 Å². The highest BCUT2D eigenvalue weighted by Gasteiger charge is 2.14. The van der Waals surface area contributed by atoms with Crippen molar-refractivity contribution in [1.29, 1.82) is 0 Å². The number of nitrogens with zero attached hydrogens (tertiary/aromatic N) is 2. The van der Waals surface area contributed by atoms with Crippen LogP contribution in [0.4, 0.5) is 0 Å². The Morgan fingerprint density at radius 1 is 1.14 bits per heavy atom. The van der Waals surface area contributed by atoms with Crippen LogP contribution >= 0.6 is 0 Å². The monoisotopic (exact) mass is 298 g/mol. The van der Waals surface area contributed by atoms with Crippen molar-refractivity contribution >= 4 is 11.0 Å². The molecule has 22 heavy (non-hydrogen) atoms. The summed E-state index contributed by atoms with van der Waals surface area (Å²) in [4.78, 5) is 4.69. The van der Waals surface area contributed by atoms with Crippen molar-refractivity contribution in [1.82, 2.24) is 9.55 Å². The summed E-state index contributed by atoms with van der Waals surface area (Å²) in [6.07, 6.45) is 0. The molecule has 114 valence electrons. The molecule has 0 saturated heterocycles. The minimum absolute atomic E-state index is 0.102. The zero-order valence-corrected chi connectivity index (χ0v) is 12.6. The van der Waals surface area contributed by atoms with E-state index in [0.29, 0.717) is 18.9 Å². The maximum Gasteiger partial charge on any atom is 0.160 e. The highest BCUT2D eigenvalue weighted by Crippen LogP contribution is 2.32. The lowest BCUT2D eigenvalue weighted by molar-refractivity contribution is 0.188. The van der Waals surface area contributed by atoms with Gasteiger partial charge in [0.25, 0.3) is 0 Å². The maximum atomic E-state index is 10.0. The predicted molar refractivity (Wildman–Crippen MR) is 85.3 cm³/mol. The molecule has 0 aliphatic rings. The highest BCUT2D eigenvalue weighted by molar-refractivity contribution is 5.81. The third-order valence-corrected chi connectivity index (χ3v) is 3.61. The summed E-state index contributed by atoms with van der Waals surface area (Å²) in [5.41, 5.74) is 2.80. The van der Waals surface area contributed by atoms with Gasteiger partial charge in [-0.05, 0) is 30.3 Å². The first kappa shape index (κ1) is 14.4. The molecule has 1 heterocycles. The summed E-state index contributed by atoms with van der Waals surface area (Å²) in [5, 5.41) is 10.0. The first-order chi connectivity index (χ1) is 10.7. The number of benzene rings is 2. The second-order valence-electron chi connectivity index (χ2n) is 4.96. The molecule has 1 aromatic heterocycles. The van der Waals surface area contributed by atoms with Crippen molar-refractivity contribution in [2.24, 2.45) is 0 Å². The number of phenolic OH excluding ortho intramolecular Hbond substituents is 1. The second-order valence-corrected chi connectivity index (χ2v) is 4.96. The molecule has 0 atom stereocenters. The molecule has 0 saturated carbocycles. The largest absolute Gasteiger partial charge is 0.504 e. The minimum atomic E-state index is 0.102. The van der Waals surface area contributed by atoms with Gasteiger partial charge in [-0.2, -0.15) is 0 Å². The first-order valence-corrected chi connectivity index (χ1v) is 7.06. The van der Waals surface area contributed by atoms with Gasteiger partial charge in [-0.15, -0.1) is 0 Å². The van der Waals surface area contributed by atoms with Crippen LogP contribution in [0.5, 0.6) is 11.5 Å². The molecule has 5 nitrogen and oxygen atoms in total. The van der Waals surface area contributed by atoms with E-state index in [2.05, 4.69) is 9.55 Å². The minimum Gasteiger partial charge on any atom is -0.504 e. The van der Waals surface area contributed by atoms with Crippen LogP contribution in [0.15, 0.2) is 42.5 Å². The molecule has 0 aliphatic heterocycles. The Morgan fingerprint density at radius 3 is 2.68 bits per heavy atom. The van der Waals surface area contributed by atoms with Crippen LogP contribution in [0.1, 0.15) is 0 Å². The number of methoxy groups -OCH3 is 2. The van der Waals surface area contributed by atoms with Crippen molar-refractivity contribution in [3.8, 4) is 22.9 Å². The van der Waals surface area contributed by atoms with Gasteiger partial charge < -0.3 is 19.1 Å². The number of rotatable bonds is 5. The van der Waals surface area contributed by atoms with Crippen LogP contribution in [-0.2, 0) is 11.3 Å². The smallest absolute Gasteiger partial charge is 0.160 e. The fourth-order valence-corrected chi connectivity index (χ4v) is 2.53. The predicted octanol–water partition coefficient (Wildman–Crippen LogP) is 3.06. The maximum absolute atomic E-state index is 10.0. The van der Waals surface area contributed by atoms with E-state index in [1.165, 1.54) is 7.11 Å². The van der Waals surface area contributed by atoms with Crippen LogP contribution in [0.2, 0.25) is 0 Å². The fraction of sp³-hybridized carbons (Fsp3) is 0.235. The summed E-state index contributed by atoms with van der Waals surface area (Å²) in [7, 11) is 3.21. The summed E-state index contributed by atoms with van der Waals surface area (Å²) in [6.45, 7) is 1.29. The molecule has 0 fully saturated rings. The molecular formula is C17H18N2O3. The zero-order valence-electron chi connectivity index (χ0n) is 12.6. The van der Waals surface area contributed by atoms with Crippen molar-refractivity contribution < 1.29 is 14.6 Å². The molecule has 0 radical (unpaired) electrons. The van der Waals surface area contributed by atoms with Gasteiger partial charge in [0.05, 0.1) is 24.8 Å². The number of fused-ring (bicyclic) bond motifs is 1. The van der Waals surface area contributed by atoms with Crippen LogP contribution in [0.3, 0.4) is 0 Å². The number of hydrogen-bond acceptors (Lipinski definition) is 4. The summed E-state index contributed by atoms with van der Waals surface area (Å²) in [5.74, 6) is 1.35. The van der Waals surface area contributed by atoms with Gasteiger partial charge in [0, 0.05) is 19.2 Å². The number of ether oxygens (including phenoxy) is 2.